The molecule has 1 fully saturated rings. The number of ether oxygens (including phenoxy) is 2. The summed E-state index contributed by atoms with van der Waals surface area (Å²) in [4.78, 5) is 12.0. The van der Waals surface area contributed by atoms with Crippen molar-refractivity contribution in [2.45, 2.75) is 44.0 Å². The van der Waals surface area contributed by atoms with Gasteiger partial charge in [0.25, 0.3) is 5.91 Å². The van der Waals surface area contributed by atoms with Crippen LogP contribution in [0.3, 0.4) is 0 Å². The van der Waals surface area contributed by atoms with E-state index in [0.29, 0.717) is 12.3 Å². The molecule has 0 radical (unpaired) electrons. The minimum atomic E-state index is -0.511. The Morgan fingerprint density at radius 3 is 2.82 bits per heavy atom. The summed E-state index contributed by atoms with van der Waals surface area (Å²) in [6.45, 7) is 2.46. The quantitative estimate of drug-likeness (QED) is 0.746. The normalized spacial score (nSPS) is 16.3. The van der Waals surface area contributed by atoms with E-state index in [2.05, 4.69) is 5.32 Å². The zero-order valence-corrected chi connectivity index (χ0v) is 14.2. The molecule has 0 saturated heterocycles. The predicted octanol–water partition coefficient (Wildman–Crippen LogP) is 3.25. The first kappa shape index (κ1) is 17.0. The monoisotopic (exact) mass is 323 g/mol. The third kappa shape index (κ3) is 5.44. The number of carbonyl (C=O) groups is 1. The van der Waals surface area contributed by atoms with Crippen LogP contribution in [0.15, 0.2) is 24.3 Å². The maximum Gasteiger partial charge on any atom is 0.260 e. The summed E-state index contributed by atoms with van der Waals surface area (Å²) >= 11 is 1.97. The molecule has 0 heterocycles. The largest absolute Gasteiger partial charge is 0.497 e. The fourth-order valence-electron chi connectivity index (χ4n) is 2.53. The predicted molar refractivity (Wildman–Crippen MR) is 90.8 cm³/mol. The molecule has 5 heteroatoms. The Morgan fingerprint density at radius 1 is 1.36 bits per heavy atom. The van der Waals surface area contributed by atoms with E-state index in [9.17, 15) is 4.79 Å². The average Bonchev–Trinajstić information content (AvgIpc) is 3.04. The number of thioether (sulfide) groups is 1. The smallest absolute Gasteiger partial charge is 0.260 e. The van der Waals surface area contributed by atoms with Gasteiger partial charge >= 0.3 is 0 Å². The van der Waals surface area contributed by atoms with Crippen LogP contribution in [-0.2, 0) is 4.79 Å². The number of carbonyl (C=O) groups excluding carboxylic acids is 1. The lowest BCUT2D eigenvalue weighted by Crippen LogP contribution is -2.37. The van der Waals surface area contributed by atoms with Gasteiger partial charge in [-0.1, -0.05) is 18.9 Å². The SMILES string of the molecule is COc1cccc(O[C@@H](C)C(=O)NCCSC2CCCC2)c1. The van der Waals surface area contributed by atoms with Gasteiger partial charge < -0.3 is 14.8 Å². The summed E-state index contributed by atoms with van der Waals surface area (Å²) in [5, 5.41) is 3.73. The molecular weight excluding hydrogens is 298 g/mol. The lowest BCUT2D eigenvalue weighted by atomic mass is 10.3. The lowest BCUT2D eigenvalue weighted by Gasteiger charge is -2.15. The van der Waals surface area contributed by atoms with Crippen LogP contribution in [0.1, 0.15) is 32.6 Å². The molecule has 1 amide bonds. The van der Waals surface area contributed by atoms with Crippen LogP contribution in [0.25, 0.3) is 0 Å². The standard InChI is InChI=1S/C17H25NO3S/c1-13(21-15-7-5-6-14(12-15)20-2)17(19)18-10-11-22-16-8-3-4-9-16/h5-7,12-13,16H,3-4,8-11H2,1-2H3,(H,18,19)/t13-/m0/s1. The first-order valence-corrected chi connectivity index (χ1v) is 8.94. The maximum absolute atomic E-state index is 12.0. The molecule has 1 aromatic rings. The molecule has 0 unspecified atom stereocenters. The van der Waals surface area contributed by atoms with E-state index >= 15 is 0 Å². The molecule has 1 saturated carbocycles. The number of methoxy groups -OCH3 is 1. The zero-order chi connectivity index (χ0) is 15.8. The van der Waals surface area contributed by atoms with Gasteiger partial charge in [-0.3, -0.25) is 4.79 Å². The highest BCUT2D eigenvalue weighted by atomic mass is 32.2. The van der Waals surface area contributed by atoms with Crippen molar-refractivity contribution in [2.75, 3.05) is 19.4 Å². The van der Waals surface area contributed by atoms with Crippen molar-refractivity contribution in [2.24, 2.45) is 0 Å². The summed E-state index contributed by atoms with van der Waals surface area (Å²) < 4.78 is 10.8. The van der Waals surface area contributed by atoms with Crippen molar-refractivity contribution in [1.29, 1.82) is 0 Å². The third-order valence-corrected chi connectivity index (χ3v) is 5.16. The van der Waals surface area contributed by atoms with Gasteiger partial charge in [-0.2, -0.15) is 11.8 Å². The van der Waals surface area contributed by atoms with E-state index in [0.717, 1.165) is 16.8 Å². The fraction of sp³-hybridized carbons (Fsp3) is 0.588. The Kier molecular flexibility index (Phi) is 6.90. The fourth-order valence-corrected chi connectivity index (χ4v) is 3.75. The Labute approximate surface area is 137 Å². The van der Waals surface area contributed by atoms with E-state index in [4.69, 9.17) is 9.47 Å². The van der Waals surface area contributed by atoms with E-state index in [1.165, 1.54) is 25.7 Å². The molecule has 0 aliphatic heterocycles. The van der Waals surface area contributed by atoms with E-state index in [-0.39, 0.29) is 5.91 Å². The molecule has 0 spiro atoms. The van der Waals surface area contributed by atoms with Gasteiger partial charge in [0.05, 0.1) is 7.11 Å². The van der Waals surface area contributed by atoms with Gasteiger partial charge in [-0.05, 0) is 31.9 Å². The zero-order valence-electron chi connectivity index (χ0n) is 13.3. The first-order chi connectivity index (χ1) is 10.7. The van der Waals surface area contributed by atoms with Crippen LogP contribution >= 0.6 is 11.8 Å². The Bertz CT molecular complexity index is 475. The Balaban J connectivity index is 1.67. The van der Waals surface area contributed by atoms with Crippen molar-refractivity contribution >= 4 is 17.7 Å². The highest BCUT2D eigenvalue weighted by molar-refractivity contribution is 7.99. The van der Waals surface area contributed by atoms with Gasteiger partial charge in [-0.25, -0.2) is 0 Å². The minimum Gasteiger partial charge on any atom is -0.497 e. The number of hydrogen-bond donors (Lipinski definition) is 1. The van der Waals surface area contributed by atoms with E-state index < -0.39 is 6.10 Å². The minimum absolute atomic E-state index is 0.0742. The van der Waals surface area contributed by atoms with Crippen LogP contribution in [0.2, 0.25) is 0 Å². The average molecular weight is 323 g/mol. The van der Waals surface area contributed by atoms with Crippen molar-refractivity contribution in [3.05, 3.63) is 24.3 Å². The highest BCUT2D eigenvalue weighted by Crippen LogP contribution is 2.28. The summed E-state index contributed by atoms with van der Waals surface area (Å²) in [6, 6.07) is 7.29. The van der Waals surface area contributed by atoms with E-state index in [1.807, 2.05) is 30.0 Å². The second-order valence-corrected chi connectivity index (χ2v) is 6.92. The van der Waals surface area contributed by atoms with Crippen molar-refractivity contribution in [1.82, 2.24) is 5.32 Å². The number of amides is 1. The molecule has 22 heavy (non-hydrogen) atoms. The van der Waals surface area contributed by atoms with Gasteiger partial charge in [0.15, 0.2) is 6.10 Å². The molecule has 1 aromatic carbocycles. The molecule has 0 aromatic heterocycles. The molecule has 0 bridgehead atoms. The summed E-state index contributed by atoms with van der Waals surface area (Å²) in [5.74, 6) is 2.26. The summed E-state index contributed by atoms with van der Waals surface area (Å²) in [6.07, 6.45) is 4.86. The number of hydrogen-bond acceptors (Lipinski definition) is 4. The number of rotatable bonds is 8. The Morgan fingerprint density at radius 2 is 2.09 bits per heavy atom. The van der Waals surface area contributed by atoms with Crippen LogP contribution in [0, 0.1) is 0 Å². The maximum atomic E-state index is 12.0. The molecule has 122 valence electrons. The molecule has 1 atom stereocenters. The van der Waals surface area contributed by atoms with Gasteiger partial charge in [0.1, 0.15) is 11.5 Å². The van der Waals surface area contributed by atoms with Crippen molar-refractivity contribution in [3.8, 4) is 11.5 Å². The second kappa shape index (κ2) is 8.93. The molecule has 2 rings (SSSR count). The van der Waals surface area contributed by atoms with Gasteiger partial charge in [0.2, 0.25) is 0 Å². The van der Waals surface area contributed by atoms with Crippen molar-refractivity contribution in [3.63, 3.8) is 0 Å². The molecule has 1 aliphatic rings. The Hall–Kier alpha value is -1.36. The van der Waals surface area contributed by atoms with Crippen LogP contribution in [0.4, 0.5) is 0 Å². The summed E-state index contributed by atoms with van der Waals surface area (Å²) in [7, 11) is 1.61. The first-order valence-electron chi connectivity index (χ1n) is 7.89. The molecule has 1 aliphatic carbocycles. The molecular formula is C17H25NO3S. The second-order valence-electron chi connectivity index (χ2n) is 5.51. The number of nitrogens with one attached hydrogen (secondary N) is 1. The van der Waals surface area contributed by atoms with Gasteiger partial charge in [0, 0.05) is 23.6 Å². The molecule has 4 nitrogen and oxygen atoms in total. The summed E-state index contributed by atoms with van der Waals surface area (Å²) in [5.41, 5.74) is 0. The third-order valence-electron chi connectivity index (χ3n) is 3.78. The van der Waals surface area contributed by atoms with E-state index in [1.54, 1.807) is 20.1 Å². The van der Waals surface area contributed by atoms with Crippen LogP contribution < -0.4 is 14.8 Å². The number of benzene rings is 1. The van der Waals surface area contributed by atoms with Crippen LogP contribution in [-0.4, -0.2) is 36.7 Å². The van der Waals surface area contributed by atoms with Crippen molar-refractivity contribution < 1.29 is 14.3 Å². The van der Waals surface area contributed by atoms with Crippen LogP contribution in [0.5, 0.6) is 11.5 Å². The molecule has 1 N–H and O–H groups in total. The topological polar surface area (TPSA) is 47.6 Å². The van der Waals surface area contributed by atoms with Gasteiger partial charge in [-0.15, -0.1) is 0 Å². The highest BCUT2D eigenvalue weighted by Gasteiger charge is 2.16. The lowest BCUT2D eigenvalue weighted by molar-refractivity contribution is -0.127.